The fourth-order valence-electron chi connectivity index (χ4n) is 7.99. The predicted octanol–water partition coefficient (Wildman–Crippen LogP) is 4.98. The molecule has 6 atom stereocenters. The van der Waals surface area contributed by atoms with E-state index >= 15 is 0 Å². The average molecular weight is 637 g/mol. The SMILES string of the molecule is COOC[C@H]1[C@H]2C[C@@H]3c4[nH]c5cc(OC)ccc5c4CCN3C[C@H]2C[C@@H](OC(=O)/C=C/c2cc(OC)c(OC)c(OC)c2)[C@@H]1OC. The molecule has 1 aliphatic carbocycles. The summed E-state index contributed by atoms with van der Waals surface area (Å²) in [5.74, 6) is 2.44. The largest absolute Gasteiger partial charge is 0.497 e. The second kappa shape index (κ2) is 13.9. The first kappa shape index (κ1) is 32.2. The molecule has 0 amide bonds. The van der Waals surface area contributed by atoms with Crippen molar-refractivity contribution in [3.63, 3.8) is 0 Å². The minimum absolute atomic E-state index is 0.0300. The van der Waals surface area contributed by atoms with Crippen LogP contribution in [-0.4, -0.2) is 90.4 Å². The Kier molecular flexibility index (Phi) is 9.74. The fourth-order valence-corrected chi connectivity index (χ4v) is 7.99. The van der Waals surface area contributed by atoms with E-state index < -0.39 is 12.1 Å². The molecule has 3 aliphatic rings. The minimum Gasteiger partial charge on any atom is -0.497 e. The van der Waals surface area contributed by atoms with Crippen LogP contribution in [0.5, 0.6) is 23.0 Å². The molecule has 0 bridgehead atoms. The summed E-state index contributed by atoms with van der Waals surface area (Å²) in [5, 5.41) is 1.27. The molecule has 2 aromatic carbocycles. The van der Waals surface area contributed by atoms with Gasteiger partial charge in [-0.05, 0) is 72.6 Å². The Morgan fingerprint density at radius 3 is 2.43 bits per heavy atom. The average Bonchev–Trinajstić information content (AvgIpc) is 3.46. The van der Waals surface area contributed by atoms with Crippen molar-refractivity contribution in [1.29, 1.82) is 0 Å². The number of carbonyl (C=O) groups is 1. The number of aromatic nitrogens is 1. The molecule has 11 nitrogen and oxygen atoms in total. The van der Waals surface area contributed by atoms with Crippen LogP contribution in [-0.2, 0) is 30.5 Å². The van der Waals surface area contributed by atoms with Gasteiger partial charge in [-0.2, -0.15) is 0 Å². The zero-order chi connectivity index (χ0) is 32.4. The van der Waals surface area contributed by atoms with Crippen LogP contribution < -0.4 is 18.9 Å². The van der Waals surface area contributed by atoms with Gasteiger partial charge >= 0.3 is 5.97 Å². The normalized spacial score (nSPS) is 25.9. The maximum Gasteiger partial charge on any atom is 0.331 e. The number of benzene rings is 2. The number of H-pyrrole nitrogens is 1. The summed E-state index contributed by atoms with van der Waals surface area (Å²) in [6.45, 7) is 2.23. The minimum atomic E-state index is -0.449. The number of fused-ring (bicyclic) bond motifs is 6. The molecule has 2 fully saturated rings. The molecule has 0 unspecified atom stereocenters. The van der Waals surface area contributed by atoms with Crippen LogP contribution in [0.15, 0.2) is 36.4 Å². The van der Waals surface area contributed by atoms with E-state index in [1.54, 1.807) is 53.8 Å². The molecule has 1 N–H and O–H groups in total. The van der Waals surface area contributed by atoms with E-state index in [0.717, 1.165) is 37.2 Å². The van der Waals surface area contributed by atoms with Crippen molar-refractivity contribution in [2.75, 3.05) is 62.4 Å². The third-order valence-electron chi connectivity index (χ3n) is 10.0. The summed E-state index contributed by atoms with van der Waals surface area (Å²) in [5.41, 5.74) is 4.51. The molecule has 2 aliphatic heterocycles. The van der Waals surface area contributed by atoms with Crippen molar-refractivity contribution >= 4 is 22.9 Å². The summed E-state index contributed by atoms with van der Waals surface area (Å²) < 4.78 is 34.0. The van der Waals surface area contributed by atoms with E-state index in [9.17, 15) is 4.79 Å². The number of nitrogens with zero attached hydrogens (tertiary/aromatic N) is 1. The van der Waals surface area contributed by atoms with Gasteiger partial charge < -0.3 is 33.4 Å². The van der Waals surface area contributed by atoms with Crippen molar-refractivity contribution in [3.05, 3.63) is 53.2 Å². The highest BCUT2D eigenvalue weighted by atomic mass is 17.2. The number of carbonyl (C=O) groups excluding carboxylic acids is 1. The van der Waals surface area contributed by atoms with Crippen molar-refractivity contribution in [3.8, 4) is 23.0 Å². The molecule has 0 spiro atoms. The number of esters is 1. The highest BCUT2D eigenvalue weighted by Gasteiger charge is 2.51. The van der Waals surface area contributed by atoms with Gasteiger partial charge in [0, 0.05) is 54.9 Å². The van der Waals surface area contributed by atoms with Crippen LogP contribution in [0.4, 0.5) is 0 Å². The number of rotatable bonds is 11. The second-order valence-corrected chi connectivity index (χ2v) is 12.2. The molecule has 46 heavy (non-hydrogen) atoms. The van der Waals surface area contributed by atoms with Gasteiger partial charge in [0.2, 0.25) is 5.75 Å². The fraction of sp³-hybridized carbons (Fsp3) is 0.514. The van der Waals surface area contributed by atoms with Gasteiger partial charge in [-0.25, -0.2) is 14.6 Å². The van der Waals surface area contributed by atoms with Gasteiger partial charge in [0.05, 0.1) is 54.3 Å². The molecule has 0 radical (unpaired) electrons. The van der Waals surface area contributed by atoms with Crippen LogP contribution >= 0.6 is 0 Å². The van der Waals surface area contributed by atoms with E-state index in [2.05, 4.69) is 22.0 Å². The van der Waals surface area contributed by atoms with E-state index in [4.69, 9.17) is 38.2 Å². The maximum absolute atomic E-state index is 13.2. The predicted molar refractivity (Wildman–Crippen MR) is 171 cm³/mol. The standard InChI is InChI=1S/C35H44N2O9/c1-39-22-8-9-23-24-11-12-37-18-21-15-31(46-32(38)10-7-20-13-29(40-2)35(43-5)30(14-20)41-3)34(42-4)26(19-45-44-6)25(21)17-28(37)33(24)36-27(23)16-22/h7-10,13-14,16,21,25-26,28,31,34,36H,11-12,15,17-19H2,1-6H3/b10-7+/t21-,25+,26+,28-,31-,34-/m1/s1. The molecule has 1 saturated carbocycles. The number of hydrogen-bond donors (Lipinski definition) is 1. The van der Waals surface area contributed by atoms with Crippen molar-refractivity contribution in [2.24, 2.45) is 17.8 Å². The highest BCUT2D eigenvalue weighted by Crippen LogP contribution is 2.50. The topological polar surface area (TPSA) is 110 Å². The first-order chi connectivity index (χ1) is 22.4. The molecule has 1 aromatic heterocycles. The summed E-state index contributed by atoms with van der Waals surface area (Å²) in [7, 11) is 9.54. The lowest BCUT2D eigenvalue weighted by atomic mass is 9.64. The number of methoxy groups -OCH3 is 5. The zero-order valence-electron chi connectivity index (χ0n) is 27.4. The van der Waals surface area contributed by atoms with Gasteiger partial charge in [0.15, 0.2) is 11.5 Å². The number of hydrogen-bond acceptors (Lipinski definition) is 10. The van der Waals surface area contributed by atoms with Gasteiger partial charge in [0.25, 0.3) is 0 Å². The smallest absolute Gasteiger partial charge is 0.331 e. The summed E-state index contributed by atoms with van der Waals surface area (Å²) >= 11 is 0. The Morgan fingerprint density at radius 2 is 1.76 bits per heavy atom. The molecular weight excluding hydrogens is 592 g/mol. The quantitative estimate of drug-likeness (QED) is 0.134. The Bertz CT molecular complexity index is 1540. The Morgan fingerprint density at radius 1 is 0.978 bits per heavy atom. The molecule has 3 heterocycles. The van der Waals surface area contributed by atoms with Crippen molar-refractivity contribution < 1.29 is 43.0 Å². The monoisotopic (exact) mass is 636 g/mol. The zero-order valence-corrected chi connectivity index (χ0v) is 27.4. The number of aromatic amines is 1. The first-order valence-electron chi connectivity index (χ1n) is 15.7. The third kappa shape index (κ3) is 6.04. The number of piperidine rings is 1. The molecule has 11 heteroatoms. The van der Waals surface area contributed by atoms with Crippen LogP contribution in [0.1, 0.15) is 35.7 Å². The van der Waals surface area contributed by atoms with E-state index in [1.807, 2.05) is 6.07 Å². The Balaban J connectivity index is 1.22. The van der Waals surface area contributed by atoms with Crippen LogP contribution in [0.25, 0.3) is 17.0 Å². The molecule has 1 saturated heterocycles. The van der Waals surface area contributed by atoms with Gasteiger partial charge in [-0.15, -0.1) is 0 Å². The first-order valence-corrected chi connectivity index (χ1v) is 15.7. The lowest BCUT2D eigenvalue weighted by Gasteiger charge is -2.53. The maximum atomic E-state index is 13.2. The summed E-state index contributed by atoms with van der Waals surface area (Å²) in [6, 6.07) is 10.1. The van der Waals surface area contributed by atoms with E-state index in [0.29, 0.717) is 41.8 Å². The second-order valence-electron chi connectivity index (χ2n) is 12.2. The third-order valence-corrected chi connectivity index (χ3v) is 10.0. The Labute approximate surface area is 269 Å². The molecule has 6 rings (SSSR count). The summed E-state index contributed by atoms with van der Waals surface area (Å²) in [4.78, 5) is 30.2. The van der Waals surface area contributed by atoms with Crippen LogP contribution in [0, 0.1) is 17.8 Å². The van der Waals surface area contributed by atoms with Crippen molar-refractivity contribution in [2.45, 2.75) is 37.5 Å². The number of nitrogens with one attached hydrogen (secondary N) is 1. The van der Waals surface area contributed by atoms with Crippen LogP contribution in [0.3, 0.4) is 0 Å². The van der Waals surface area contributed by atoms with Crippen molar-refractivity contribution in [1.82, 2.24) is 9.88 Å². The highest BCUT2D eigenvalue weighted by molar-refractivity contribution is 5.88. The molecule has 3 aromatic rings. The lowest BCUT2D eigenvalue weighted by molar-refractivity contribution is -0.296. The Hall–Kier alpha value is -3.77. The lowest BCUT2D eigenvalue weighted by Crippen LogP contribution is -2.57. The van der Waals surface area contributed by atoms with Gasteiger partial charge in [0.1, 0.15) is 11.9 Å². The molecular formula is C35H44N2O9. The van der Waals surface area contributed by atoms with E-state index in [1.165, 1.54) is 29.8 Å². The number of ether oxygens (including phenoxy) is 6. The summed E-state index contributed by atoms with van der Waals surface area (Å²) in [6.07, 6.45) is 4.95. The van der Waals surface area contributed by atoms with Gasteiger partial charge in [-0.1, -0.05) is 0 Å². The molecule has 248 valence electrons. The van der Waals surface area contributed by atoms with Gasteiger partial charge in [-0.3, -0.25) is 4.90 Å². The van der Waals surface area contributed by atoms with E-state index in [-0.39, 0.29) is 24.0 Å². The van der Waals surface area contributed by atoms with Crippen LogP contribution in [0.2, 0.25) is 0 Å².